The van der Waals surface area contributed by atoms with Crippen LogP contribution in [-0.4, -0.2) is 31.4 Å². The molecule has 0 aliphatic heterocycles. The topological polar surface area (TPSA) is 55.8 Å². The molecule has 0 spiro atoms. The summed E-state index contributed by atoms with van der Waals surface area (Å²) in [5, 5.41) is 10.7. The molecule has 0 aliphatic rings. The molecule has 2 atom stereocenters. The van der Waals surface area contributed by atoms with E-state index in [2.05, 4.69) is 0 Å². The van der Waals surface area contributed by atoms with E-state index in [-0.39, 0.29) is 0 Å². The first-order valence-corrected chi connectivity index (χ1v) is 7.56. The largest absolute Gasteiger partial charge is 0.467 e. The monoisotopic (exact) mass is 314 g/mol. The van der Waals surface area contributed by atoms with E-state index in [0.29, 0.717) is 18.4 Å². The highest BCUT2D eigenvalue weighted by Crippen LogP contribution is 2.33. The number of esters is 1. The zero-order chi connectivity index (χ0) is 16.7. The van der Waals surface area contributed by atoms with Gasteiger partial charge in [0.15, 0.2) is 0 Å². The molecule has 0 radical (unpaired) electrons. The van der Waals surface area contributed by atoms with Crippen molar-refractivity contribution in [3.05, 3.63) is 71.8 Å². The van der Waals surface area contributed by atoms with Crippen LogP contribution in [0.5, 0.6) is 0 Å². The van der Waals surface area contributed by atoms with Gasteiger partial charge in [0.1, 0.15) is 0 Å². The maximum Gasteiger partial charge on any atom is 0.345 e. The van der Waals surface area contributed by atoms with Gasteiger partial charge in [0, 0.05) is 7.11 Å². The van der Waals surface area contributed by atoms with Gasteiger partial charge >= 0.3 is 5.97 Å². The van der Waals surface area contributed by atoms with Crippen molar-refractivity contribution in [2.75, 3.05) is 14.2 Å². The van der Waals surface area contributed by atoms with E-state index in [1.54, 1.807) is 24.3 Å². The number of rotatable bonds is 7. The van der Waals surface area contributed by atoms with E-state index in [0.717, 1.165) is 5.56 Å². The van der Waals surface area contributed by atoms with Gasteiger partial charge in [-0.05, 0) is 24.0 Å². The van der Waals surface area contributed by atoms with Crippen molar-refractivity contribution < 1.29 is 19.4 Å². The highest BCUT2D eigenvalue weighted by Gasteiger charge is 2.48. The molecule has 122 valence electrons. The SMILES string of the molecule is COC(=O)[C@@](OC)(c1ccccc1)[C@@H](O)CCc1ccccc1. The van der Waals surface area contributed by atoms with Gasteiger partial charge in [0.2, 0.25) is 5.60 Å². The molecular formula is C19H22O4. The summed E-state index contributed by atoms with van der Waals surface area (Å²) in [6.07, 6.45) is -0.0127. The van der Waals surface area contributed by atoms with Crippen LogP contribution in [0.4, 0.5) is 0 Å². The second-order valence-corrected chi connectivity index (χ2v) is 5.34. The predicted molar refractivity (Wildman–Crippen MR) is 87.9 cm³/mol. The average molecular weight is 314 g/mol. The van der Waals surface area contributed by atoms with Gasteiger partial charge < -0.3 is 14.6 Å². The van der Waals surface area contributed by atoms with E-state index >= 15 is 0 Å². The summed E-state index contributed by atoms with van der Waals surface area (Å²) in [6, 6.07) is 18.8. The van der Waals surface area contributed by atoms with Crippen molar-refractivity contribution in [3.63, 3.8) is 0 Å². The number of carbonyl (C=O) groups excluding carboxylic acids is 1. The lowest BCUT2D eigenvalue weighted by molar-refractivity contribution is -0.184. The predicted octanol–water partition coefficient (Wildman–Crippen LogP) is 2.70. The van der Waals surface area contributed by atoms with Crippen LogP contribution in [0.25, 0.3) is 0 Å². The summed E-state index contributed by atoms with van der Waals surface area (Å²) >= 11 is 0. The fourth-order valence-corrected chi connectivity index (χ4v) is 2.77. The molecule has 0 aliphatic carbocycles. The Labute approximate surface area is 136 Å². The molecule has 1 N–H and O–H groups in total. The van der Waals surface area contributed by atoms with Gasteiger partial charge in [-0.15, -0.1) is 0 Å². The molecule has 2 aromatic carbocycles. The summed E-state index contributed by atoms with van der Waals surface area (Å²) in [5.74, 6) is -0.605. The Bertz CT molecular complexity index is 612. The van der Waals surface area contributed by atoms with Crippen molar-refractivity contribution in [1.82, 2.24) is 0 Å². The number of aliphatic hydroxyl groups is 1. The number of hydrogen-bond donors (Lipinski definition) is 1. The Kier molecular flexibility index (Phi) is 5.90. The van der Waals surface area contributed by atoms with Crippen LogP contribution < -0.4 is 0 Å². The minimum atomic E-state index is -1.52. The Morgan fingerprint density at radius 1 is 1.04 bits per heavy atom. The molecule has 0 heterocycles. The molecule has 2 aromatic rings. The van der Waals surface area contributed by atoms with Crippen molar-refractivity contribution in [1.29, 1.82) is 0 Å². The van der Waals surface area contributed by atoms with Gasteiger partial charge in [-0.2, -0.15) is 0 Å². The number of ether oxygens (including phenoxy) is 2. The number of benzene rings is 2. The van der Waals surface area contributed by atoms with E-state index in [4.69, 9.17) is 9.47 Å². The van der Waals surface area contributed by atoms with Crippen LogP contribution in [0, 0.1) is 0 Å². The number of aryl methyl sites for hydroxylation is 1. The molecular weight excluding hydrogens is 292 g/mol. The van der Waals surface area contributed by atoms with Crippen LogP contribution in [-0.2, 0) is 26.3 Å². The molecule has 0 amide bonds. The van der Waals surface area contributed by atoms with E-state index in [1.165, 1.54) is 14.2 Å². The Balaban J connectivity index is 2.27. The molecule has 0 aromatic heterocycles. The average Bonchev–Trinajstić information content (AvgIpc) is 2.62. The molecule has 0 saturated carbocycles. The lowest BCUT2D eigenvalue weighted by Crippen LogP contribution is -2.49. The molecule has 0 unspecified atom stereocenters. The van der Waals surface area contributed by atoms with Crippen molar-refractivity contribution in [2.24, 2.45) is 0 Å². The maximum atomic E-state index is 12.4. The summed E-state index contributed by atoms with van der Waals surface area (Å²) in [6.45, 7) is 0. The van der Waals surface area contributed by atoms with Crippen LogP contribution in [0.15, 0.2) is 60.7 Å². The molecule has 4 nitrogen and oxygen atoms in total. The molecule has 0 saturated heterocycles. The zero-order valence-electron chi connectivity index (χ0n) is 13.4. The third-order valence-corrected chi connectivity index (χ3v) is 4.03. The first kappa shape index (κ1) is 17.2. The minimum absolute atomic E-state index is 0.377. The normalized spacial score (nSPS) is 14.7. The molecule has 23 heavy (non-hydrogen) atoms. The second-order valence-electron chi connectivity index (χ2n) is 5.34. The molecule has 2 rings (SSSR count). The van der Waals surface area contributed by atoms with Gasteiger partial charge in [-0.1, -0.05) is 60.7 Å². The third kappa shape index (κ3) is 3.60. The highest BCUT2D eigenvalue weighted by atomic mass is 16.6. The van der Waals surface area contributed by atoms with Crippen LogP contribution in [0.2, 0.25) is 0 Å². The lowest BCUT2D eigenvalue weighted by Gasteiger charge is -2.34. The number of carbonyl (C=O) groups is 1. The summed E-state index contributed by atoms with van der Waals surface area (Å²) in [7, 11) is 2.71. The molecule has 0 fully saturated rings. The summed E-state index contributed by atoms with van der Waals surface area (Å²) in [4.78, 5) is 12.4. The fraction of sp³-hybridized carbons (Fsp3) is 0.316. The Morgan fingerprint density at radius 3 is 2.13 bits per heavy atom. The van der Waals surface area contributed by atoms with E-state index in [1.807, 2.05) is 36.4 Å². The first-order chi connectivity index (χ1) is 11.1. The van der Waals surface area contributed by atoms with Crippen LogP contribution in [0.1, 0.15) is 17.5 Å². The summed E-state index contributed by atoms with van der Waals surface area (Å²) in [5.41, 5.74) is 0.148. The highest BCUT2D eigenvalue weighted by molar-refractivity contribution is 5.82. The van der Waals surface area contributed by atoms with Crippen molar-refractivity contribution in [2.45, 2.75) is 24.5 Å². The maximum absolute atomic E-state index is 12.4. The van der Waals surface area contributed by atoms with Crippen LogP contribution in [0.3, 0.4) is 0 Å². The van der Waals surface area contributed by atoms with E-state index in [9.17, 15) is 9.90 Å². The van der Waals surface area contributed by atoms with E-state index < -0.39 is 17.7 Å². The number of hydrogen-bond acceptors (Lipinski definition) is 4. The number of aliphatic hydroxyl groups excluding tert-OH is 1. The second kappa shape index (κ2) is 7.90. The van der Waals surface area contributed by atoms with Gasteiger partial charge in [0.25, 0.3) is 0 Å². The Morgan fingerprint density at radius 2 is 1.61 bits per heavy atom. The Hall–Kier alpha value is -2.17. The quantitative estimate of drug-likeness (QED) is 0.798. The fourth-order valence-electron chi connectivity index (χ4n) is 2.77. The van der Waals surface area contributed by atoms with Gasteiger partial charge in [-0.3, -0.25) is 0 Å². The van der Waals surface area contributed by atoms with Gasteiger partial charge in [0.05, 0.1) is 13.2 Å². The van der Waals surface area contributed by atoms with Crippen LogP contribution >= 0.6 is 0 Å². The summed E-state index contributed by atoms with van der Waals surface area (Å²) < 4.78 is 10.4. The third-order valence-electron chi connectivity index (χ3n) is 4.03. The molecule has 0 bridgehead atoms. The minimum Gasteiger partial charge on any atom is -0.467 e. The van der Waals surface area contributed by atoms with Crippen molar-refractivity contribution >= 4 is 5.97 Å². The zero-order valence-corrected chi connectivity index (χ0v) is 13.4. The van der Waals surface area contributed by atoms with Gasteiger partial charge in [-0.25, -0.2) is 4.79 Å². The first-order valence-electron chi connectivity index (χ1n) is 7.56. The lowest BCUT2D eigenvalue weighted by atomic mass is 9.85. The van der Waals surface area contributed by atoms with Crippen molar-refractivity contribution in [3.8, 4) is 0 Å². The smallest absolute Gasteiger partial charge is 0.345 e. The standard InChI is InChI=1S/C19H22O4/c1-22-18(21)19(23-2,16-11-7-4-8-12-16)17(20)14-13-15-9-5-3-6-10-15/h3-12,17,20H,13-14H2,1-2H3/t17-,19+/m0/s1. The number of methoxy groups -OCH3 is 2. The molecule has 4 heteroatoms.